The smallest absolute Gasteiger partial charge is 0.410 e. The molecule has 0 radical (unpaired) electrons. The van der Waals surface area contributed by atoms with E-state index >= 15 is 0 Å². The summed E-state index contributed by atoms with van der Waals surface area (Å²) in [6, 6.07) is 9.42. The number of aliphatic hydroxyl groups excluding tert-OH is 4. The Bertz CT molecular complexity index is 2670. The number of hydrogen-bond donors (Lipinski definition) is 10. The molecule has 6 amide bonds. The van der Waals surface area contributed by atoms with Crippen LogP contribution in [-0.4, -0.2) is 223 Å². The Morgan fingerprint density at radius 1 is 0.802 bits per heavy atom. The number of aliphatic carboxylic acids is 1. The zero-order chi connectivity index (χ0) is 68.0. The number of nitrogens with one attached hydrogen (secondary N) is 5. The Morgan fingerprint density at radius 2 is 1.48 bits per heavy atom. The number of likely N-dealkylation sites (tertiary alicyclic amines) is 1. The lowest BCUT2D eigenvalue weighted by molar-refractivity contribution is -0.271. The second kappa shape index (κ2) is 37.4. The standard InChI is InChI=1S/C65H104N8O18/c1-15-38(6)53(48(87-13)34-50(76)73-31-21-25-45(73)58(88-14)40(8)46(74)32-39(7)54(77)42-22-17-16-18-23-42)71(11)62(83)51(36(2)3)70-61(82)52(37(4)5)72(12)65(86)89-35-41-26-27-47(90-64-57(80)55(78)56(79)59(91-64)63(84)85)44(33-41)69-49(75)28-30-68-60(81)43(67-10)24-19-20-29-66-9/h16-18,22-23,26-27,33,36-40,43,45,48,51-59,64,66-67,77-80H,15,19-21,24-25,28-32,34-35H2,1-14H3,(H,68,81)(H,69,75)(H,70,82)(H,84,85)/t38-,39+,40+,43+,45+,48?,51+,52?,53?,54-,55+,56?,57+,58-,59?,64?/m1/s1. The predicted molar refractivity (Wildman–Crippen MR) is 338 cm³/mol. The number of ether oxygens (including phenoxy) is 5. The Morgan fingerprint density at radius 3 is 2.08 bits per heavy atom. The number of carboxylic acids is 1. The van der Waals surface area contributed by atoms with E-state index in [0.717, 1.165) is 29.8 Å². The van der Waals surface area contributed by atoms with Gasteiger partial charge >= 0.3 is 12.1 Å². The van der Waals surface area contributed by atoms with Gasteiger partial charge in [-0.2, -0.15) is 0 Å². The molecule has 0 spiro atoms. The first-order valence-corrected chi connectivity index (χ1v) is 31.8. The summed E-state index contributed by atoms with van der Waals surface area (Å²) in [4.78, 5) is 114. The molecule has 2 heterocycles. The SMILES string of the molecule is CC[C@@H](C)C(C(CC(=O)N1CCC[C@H]1[C@H](OC)[C@@H](C)C(=O)C[C@H](C)[C@@H](O)c1ccccc1)OC)N(C)C(=O)[C@@H](NC(=O)C(C(C)C)N(C)C(=O)OCc1ccc(OC2OC(C(=O)O)C(O)[C@H](O)[C@@H]2O)c(NC(=O)CCNC(=O)[C@H](CCCCNC)NC)c1)C(C)C. The number of aliphatic hydroxyl groups is 4. The van der Waals surface area contributed by atoms with E-state index in [2.05, 4.69) is 26.6 Å². The van der Waals surface area contributed by atoms with E-state index in [4.69, 9.17) is 23.7 Å². The number of rotatable bonds is 37. The van der Waals surface area contributed by atoms with Gasteiger partial charge in [-0.25, -0.2) is 9.59 Å². The molecule has 6 unspecified atom stereocenters. The van der Waals surface area contributed by atoms with Crippen molar-refractivity contribution in [1.29, 1.82) is 0 Å². The van der Waals surface area contributed by atoms with Crippen LogP contribution in [0.5, 0.6) is 5.75 Å². The highest BCUT2D eigenvalue weighted by atomic mass is 16.7. The third kappa shape index (κ3) is 21.3. The maximum atomic E-state index is 14.9. The summed E-state index contributed by atoms with van der Waals surface area (Å²) in [7, 11) is 9.51. The summed E-state index contributed by atoms with van der Waals surface area (Å²) in [5.41, 5.74) is 0.912. The van der Waals surface area contributed by atoms with Crippen LogP contribution in [0.4, 0.5) is 10.5 Å². The van der Waals surface area contributed by atoms with Crippen LogP contribution in [0.25, 0.3) is 0 Å². The van der Waals surface area contributed by atoms with Gasteiger partial charge in [0.1, 0.15) is 48.5 Å². The van der Waals surface area contributed by atoms with E-state index in [-0.39, 0.29) is 72.2 Å². The van der Waals surface area contributed by atoms with Gasteiger partial charge in [-0.1, -0.05) is 105 Å². The third-order valence-corrected chi connectivity index (χ3v) is 17.6. The molecule has 2 aromatic rings. The van der Waals surface area contributed by atoms with E-state index in [1.54, 1.807) is 53.6 Å². The lowest BCUT2D eigenvalue weighted by Crippen LogP contribution is -2.61. The number of unbranched alkanes of at least 4 members (excludes halogenated alkanes) is 1. The Hall–Kier alpha value is -6.36. The van der Waals surface area contributed by atoms with Crippen molar-refractivity contribution < 1.29 is 87.6 Å². The van der Waals surface area contributed by atoms with E-state index in [1.165, 1.54) is 44.4 Å². The average molecular weight is 1290 g/mol. The first-order valence-electron chi connectivity index (χ1n) is 31.8. The van der Waals surface area contributed by atoms with Crippen LogP contribution in [0.2, 0.25) is 0 Å². The first-order chi connectivity index (χ1) is 43.1. The summed E-state index contributed by atoms with van der Waals surface area (Å²) in [6.45, 7) is 15.3. The second-order valence-corrected chi connectivity index (χ2v) is 24.9. The van der Waals surface area contributed by atoms with Gasteiger partial charge in [-0.15, -0.1) is 0 Å². The van der Waals surface area contributed by atoms with Crippen molar-refractivity contribution in [1.82, 2.24) is 36.0 Å². The second-order valence-electron chi connectivity index (χ2n) is 24.9. The molecular formula is C65H104N8O18. The number of carboxylic acid groups (broad SMARTS) is 1. The monoisotopic (exact) mass is 1280 g/mol. The van der Waals surface area contributed by atoms with Gasteiger partial charge in [0.15, 0.2) is 6.10 Å². The minimum atomic E-state index is -2.01. The fraction of sp³-hybridized carbons (Fsp3) is 0.692. The number of carbonyl (C=O) groups excluding carboxylic acids is 7. The Labute approximate surface area is 536 Å². The molecule has 4 rings (SSSR count). The molecule has 91 heavy (non-hydrogen) atoms. The largest absolute Gasteiger partial charge is 0.479 e. The van der Waals surface area contributed by atoms with Crippen molar-refractivity contribution in [3.8, 4) is 5.75 Å². The van der Waals surface area contributed by atoms with Crippen LogP contribution in [-0.2, 0) is 59.1 Å². The molecule has 2 aliphatic heterocycles. The average Bonchev–Trinajstić information content (AvgIpc) is 1.76. The van der Waals surface area contributed by atoms with Gasteiger partial charge in [0.2, 0.25) is 35.8 Å². The van der Waals surface area contributed by atoms with Crippen molar-refractivity contribution >= 4 is 53.1 Å². The molecule has 0 aromatic heterocycles. The number of likely N-dealkylation sites (N-methyl/N-ethyl adjacent to an activating group) is 3. The topological polar surface area (TPSA) is 354 Å². The molecule has 26 heteroatoms. The lowest BCUT2D eigenvalue weighted by atomic mass is 9.85. The highest BCUT2D eigenvalue weighted by Crippen LogP contribution is 2.34. The lowest BCUT2D eigenvalue weighted by Gasteiger charge is -2.41. The van der Waals surface area contributed by atoms with Gasteiger partial charge in [0.25, 0.3) is 0 Å². The molecule has 0 saturated carbocycles. The first kappa shape index (κ1) is 77.1. The summed E-state index contributed by atoms with van der Waals surface area (Å²) < 4.78 is 29.0. The van der Waals surface area contributed by atoms with Crippen molar-refractivity contribution in [3.63, 3.8) is 0 Å². The number of benzene rings is 2. The molecule has 10 N–H and O–H groups in total. The molecule has 0 aliphatic carbocycles. The van der Waals surface area contributed by atoms with E-state index in [0.29, 0.717) is 32.2 Å². The molecule has 2 aromatic carbocycles. The zero-order valence-electron chi connectivity index (χ0n) is 55.6. The maximum absolute atomic E-state index is 14.9. The number of ketones is 1. The van der Waals surface area contributed by atoms with Crippen molar-refractivity contribution in [3.05, 3.63) is 59.7 Å². The van der Waals surface area contributed by atoms with Gasteiger partial charge in [0.05, 0.1) is 48.5 Å². The molecular weight excluding hydrogens is 1180 g/mol. The van der Waals surface area contributed by atoms with Gasteiger partial charge in [0, 0.05) is 60.2 Å². The highest BCUT2D eigenvalue weighted by molar-refractivity contribution is 5.93. The minimum absolute atomic E-state index is 0.0657. The third-order valence-electron chi connectivity index (χ3n) is 17.6. The number of nitrogens with zero attached hydrogens (tertiary/aromatic N) is 3. The number of methoxy groups -OCH3 is 2. The van der Waals surface area contributed by atoms with Crippen LogP contribution < -0.4 is 31.3 Å². The molecule has 2 aliphatic rings. The van der Waals surface area contributed by atoms with Gasteiger partial charge < -0.3 is 85.6 Å². The number of amides is 6. The highest BCUT2D eigenvalue weighted by Gasteiger charge is 2.49. The van der Waals surface area contributed by atoms with Crippen LogP contribution in [0, 0.1) is 29.6 Å². The van der Waals surface area contributed by atoms with Crippen molar-refractivity contribution in [2.24, 2.45) is 29.6 Å². The molecule has 2 fully saturated rings. The molecule has 26 nitrogen and oxygen atoms in total. The molecule has 512 valence electrons. The molecule has 16 atom stereocenters. The Balaban J connectivity index is 1.49. The van der Waals surface area contributed by atoms with Crippen LogP contribution in [0.3, 0.4) is 0 Å². The normalized spacial score (nSPS) is 21.6. The summed E-state index contributed by atoms with van der Waals surface area (Å²) in [5.74, 6) is -6.34. The van der Waals surface area contributed by atoms with Gasteiger partial charge in [-0.05, 0) is 93.3 Å². The zero-order valence-corrected chi connectivity index (χ0v) is 55.6. The fourth-order valence-corrected chi connectivity index (χ4v) is 12.0. The number of hydrogen-bond acceptors (Lipinski definition) is 19. The number of carbonyl (C=O) groups is 8. The molecule has 0 bridgehead atoms. The maximum Gasteiger partial charge on any atom is 0.410 e. The van der Waals surface area contributed by atoms with Gasteiger partial charge in [-0.3, -0.25) is 33.7 Å². The van der Waals surface area contributed by atoms with E-state index in [1.807, 2.05) is 58.2 Å². The van der Waals surface area contributed by atoms with E-state index in [9.17, 15) is 63.9 Å². The summed E-state index contributed by atoms with van der Waals surface area (Å²) in [6.07, 6.45) is -9.13. The minimum Gasteiger partial charge on any atom is -0.479 e. The summed E-state index contributed by atoms with van der Waals surface area (Å²) >= 11 is 0. The summed E-state index contributed by atoms with van der Waals surface area (Å²) in [5, 5.41) is 66.6. The number of anilines is 1. The van der Waals surface area contributed by atoms with Crippen molar-refractivity contribution in [2.75, 3.05) is 67.4 Å². The Kier molecular flexibility index (Phi) is 31.7. The van der Waals surface area contributed by atoms with Crippen LogP contribution in [0.15, 0.2) is 48.5 Å². The predicted octanol–water partition coefficient (Wildman–Crippen LogP) is 3.36. The van der Waals surface area contributed by atoms with E-state index < -0.39 is 133 Å². The van der Waals surface area contributed by atoms with Crippen LogP contribution in [0.1, 0.15) is 130 Å². The fourth-order valence-electron chi connectivity index (χ4n) is 12.0. The number of Topliss-reactive ketones (excluding diaryl/α,β-unsaturated/α-hetero) is 1. The van der Waals surface area contributed by atoms with Crippen LogP contribution >= 0.6 is 0 Å². The molecule has 2 saturated heterocycles. The van der Waals surface area contributed by atoms with Crippen molar-refractivity contribution in [2.45, 2.75) is 199 Å². The quantitative estimate of drug-likeness (QED) is 0.0434.